The van der Waals surface area contributed by atoms with Crippen LogP contribution in [0.1, 0.15) is 40.4 Å². The summed E-state index contributed by atoms with van der Waals surface area (Å²) in [5.74, 6) is 0.912. The highest BCUT2D eigenvalue weighted by atomic mass is 15.3. The summed E-state index contributed by atoms with van der Waals surface area (Å²) in [7, 11) is 0. The normalized spacial score (nSPS) is 24.4. The molecule has 1 saturated heterocycles. The molecule has 1 fully saturated rings. The van der Waals surface area contributed by atoms with E-state index < -0.39 is 0 Å². The molecule has 0 bridgehead atoms. The monoisotopic (exact) mass is 262 g/mol. The highest BCUT2D eigenvalue weighted by Gasteiger charge is 2.38. The van der Waals surface area contributed by atoms with Gasteiger partial charge in [0.1, 0.15) is 5.82 Å². The van der Waals surface area contributed by atoms with Crippen molar-refractivity contribution in [2.24, 2.45) is 5.41 Å². The van der Waals surface area contributed by atoms with E-state index >= 15 is 0 Å². The lowest BCUT2D eigenvalue weighted by molar-refractivity contribution is 0.0254. The van der Waals surface area contributed by atoms with Gasteiger partial charge in [0.05, 0.1) is 6.54 Å². The van der Waals surface area contributed by atoms with E-state index in [1.54, 1.807) is 0 Å². The van der Waals surface area contributed by atoms with Gasteiger partial charge in [-0.2, -0.15) is 0 Å². The number of hydrogen-bond donors (Lipinski definition) is 1. The van der Waals surface area contributed by atoms with Crippen molar-refractivity contribution in [2.75, 3.05) is 13.1 Å². The molecule has 1 N–H and O–H groups in total. The molecule has 1 aliphatic rings. The molecule has 0 saturated carbocycles. The van der Waals surface area contributed by atoms with E-state index in [1.165, 1.54) is 0 Å². The van der Waals surface area contributed by atoms with E-state index in [-0.39, 0.29) is 11.0 Å². The number of piperazine rings is 1. The molecular formula is C15H26N4. The largest absolute Gasteiger partial charge is 0.309 e. The average Bonchev–Trinajstić information content (AvgIpc) is 2.27. The van der Waals surface area contributed by atoms with Gasteiger partial charge >= 0.3 is 0 Å². The number of nitrogens with zero attached hydrogens (tertiary/aromatic N) is 3. The highest BCUT2D eigenvalue weighted by molar-refractivity contribution is 4.99. The van der Waals surface area contributed by atoms with Crippen LogP contribution in [0, 0.1) is 5.41 Å². The number of rotatable bonds is 2. The minimum absolute atomic E-state index is 0.149. The van der Waals surface area contributed by atoms with E-state index in [4.69, 9.17) is 0 Å². The van der Waals surface area contributed by atoms with Crippen molar-refractivity contribution in [2.45, 2.75) is 52.7 Å². The Morgan fingerprint density at radius 2 is 1.95 bits per heavy atom. The Morgan fingerprint density at radius 1 is 1.32 bits per heavy atom. The van der Waals surface area contributed by atoms with Gasteiger partial charge in [-0.15, -0.1) is 0 Å². The van der Waals surface area contributed by atoms with E-state index in [0.717, 1.165) is 25.5 Å². The zero-order valence-corrected chi connectivity index (χ0v) is 12.8. The summed E-state index contributed by atoms with van der Waals surface area (Å²) >= 11 is 0. The molecule has 0 radical (unpaired) electrons. The molecule has 106 valence electrons. The Bertz CT molecular complexity index is 408. The third kappa shape index (κ3) is 3.74. The quantitative estimate of drug-likeness (QED) is 0.886. The van der Waals surface area contributed by atoms with Crippen LogP contribution < -0.4 is 5.32 Å². The van der Waals surface area contributed by atoms with Crippen LogP contribution in [0.25, 0.3) is 0 Å². The molecule has 1 unspecified atom stereocenters. The van der Waals surface area contributed by atoms with Gasteiger partial charge in [-0.3, -0.25) is 4.90 Å². The van der Waals surface area contributed by atoms with Crippen LogP contribution in [0.3, 0.4) is 0 Å². The van der Waals surface area contributed by atoms with Gasteiger partial charge < -0.3 is 5.32 Å². The van der Waals surface area contributed by atoms with Gasteiger partial charge in [0.15, 0.2) is 0 Å². The molecule has 0 amide bonds. The minimum Gasteiger partial charge on any atom is -0.309 e. The minimum atomic E-state index is 0.149. The van der Waals surface area contributed by atoms with Crippen LogP contribution in [0.2, 0.25) is 0 Å². The second-order valence-corrected chi connectivity index (χ2v) is 7.22. The summed E-state index contributed by atoms with van der Waals surface area (Å²) < 4.78 is 0. The summed E-state index contributed by atoms with van der Waals surface area (Å²) in [6.45, 7) is 14.3. The zero-order chi connectivity index (χ0) is 14.1. The fourth-order valence-corrected chi connectivity index (χ4v) is 2.79. The van der Waals surface area contributed by atoms with Crippen molar-refractivity contribution < 1.29 is 0 Å². The molecule has 4 nitrogen and oxygen atoms in total. The number of nitrogens with one attached hydrogen (secondary N) is 1. The van der Waals surface area contributed by atoms with Gasteiger partial charge in [-0.25, -0.2) is 9.97 Å². The summed E-state index contributed by atoms with van der Waals surface area (Å²) in [5, 5.41) is 3.65. The van der Waals surface area contributed by atoms with Crippen molar-refractivity contribution >= 4 is 0 Å². The molecule has 1 aromatic heterocycles. The summed E-state index contributed by atoms with van der Waals surface area (Å²) in [6, 6.07) is 2.37. The smallest absolute Gasteiger partial charge is 0.142 e. The molecule has 0 aliphatic carbocycles. The van der Waals surface area contributed by atoms with Gasteiger partial charge in [0, 0.05) is 37.1 Å². The first-order valence-electron chi connectivity index (χ1n) is 7.03. The standard InChI is InChI=1S/C15H26N4/c1-14(2,3)12-9-18-15(4,5)11-19(12)10-13-16-7-6-8-17-13/h6-8,12,18H,9-11H2,1-5H3. The van der Waals surface area contributed by atoms with E-state index in [0.29, 0.717) is 6.04 Å². The maximum atomic E-state index is 4.36. The fraction of sp³-hybridized carbons (Fsp3) is 0.733. The molecule has 1 aromatic rings. The Hall–Kier alpha value is -1.00. The fourth-order valence-electron chi connectivity index (χ4n) is 2.79. The van der Waals surface area contributed by atoms with Crippen molar-refractivity contribution in [3.05, 3.63) is 24.3 Å². The van der Waals surface area contributed by atoms with Gasteiger partial charge in [-0.05, 0) is 25.3 Å². The van der Waals surface area contributed by atoms with Crippen molar-refractivity contribution in [1.82, 2.24) is 20.2 Å². The summed E-state index contributed by atoms with van der Waals surface area (Å²) in [5.41, 5.74) is 0.398. The Morgan fingerprint density at radius 3 is 2.53 bits per heavy atom. The first-order valence-corrected chi connectivity index (χ1v) is 7.03. The van der Waals surface area contributed by atoms with Crippen LogP contribution in [0.5, 0.6) is 0 Å². The van der Waals surface area contributed by atoms with Crippen LogP contribution in [0.15, 0.2) is 18.5 Å². The molecule has 1 atom stereocenters. The van der Waals surface area contributed by atoms with Crippen molar-refractivity contribution in [1.29, 1.82) is 0 Å². The predicted octanol–water partition coefficient (Wildman–Crippen LogP) is 2.08. The van der Waals surface area contributed by atoms with Gasteiger partial charge in [-0.1, -0.05) is 20.8 Å². The molecule has 1 aliphatic heterocycles. The molecule has 0 spiro atoms. The lowest BCUT2D eigenvalue weighted by atomic mass is 9.82. The predicted molar refractivity (Wildman–Crippen MR) is 77.8 cm³/mol. The Balaban J connectivity index is 2.16. The topological polar surface area (TPSA) is 41.1 Å². The first kappa shape index (κ1) is 14.4. The van der Waals surface area contributed by atoms with Gasteiger partial charge in [0.2, 0.25) is 0 Å². The lowest BCUT2D eigenvalue weighted by Gasteiger charge is -2.49. The second kappa shape index (κ2) is 5.17. The maximum Gasteiger partial charge on any atom is 0.142 e. The van der Waals surface area contributed by atoms with Crippen LogP contribution >= 0.6 is 0 Å². The molecule has 2 heterocycles. The molecular weight excluding hydrogens is 236 g/mol. The maximum absolute atomic E-state index is 4.36. The van der Waals surface area contributed by atoms with E-state index in [1.807, 2.05) is 18.5 Å². The number of aromatic nitrogens is 2. The zero-order valence-electron chi connectivity index (χ0n) is 12.8. The van der Waals surface area contributed by atoms with E-state index in [2.05, 4.69) is 54.8 Å². The third-order valence-corrected chi connectivity index (χ3v) is 3.78. The van der Waals surface area contributed by atoms with E-state index in [9.17, 15) is 0 Å². The van der Waals surface area contributed by atoms with Crippen LogP contribution in [-0.2, 0) is 6.54 Å². The van der Waals surface area contributed by atoms with Crippen molar-refractivity contribution in [3.8, 4) is 0 Å². The molecule has 4 heteroatoms. The second-order valence-electron chi connectivity index (χ2n) is 7.22. The van der Waals surface area contributed by atoms with Crippen LogP contribution in [0.4, 0.5) is 0 Å². The summed E-state index contributed by atoms with van der Waals surface area (Å²) in [4.78, 5) is 11.2. The average molecular weight is 262 g/mol. The molecule has 19 heavy (non-hydrogen) atoms. The highest BCUT2D eigenvalue weighted by Crippen LogP contribution is 2.29. The van der Waals surface area contributed by atoms with Crippen LogP contribution in [-0.4, -0.2) is 39.5 Å². The Kier molecular flexibility index (Phi) is 3.92. The van der Waals surface area contributed by atoms with Crippen molar-refractivity contribution in [3.63, 3.8) is 0 Å². The van der Waals surface area contributed by atoms with Gasteiger partial charge in [0.25, 0.3) is 0 Å². The lowest BCUT2D eigenvalue weighted by Crippen LogP contribution is -2.64. The number of hydrogen-bond acceptors (Lipinski definition) is 4. The SMILES string of the molecule is CC1(C)CN(Cc2ncccn2)C(C(C)(C)C)CN1. The first-order chi connectivity index (χ1) is 8.78. The molecule has 0 aromatic carbocycles. The Labute approximate surface area is 116 Å². The molecule has 2 rings (SSSR count). The summed E-state index contributed by atoms with van der Waals surface area (Å²) in [6.07, 6.45) is 3.64. The third-order valence-electron chi connectivity index (χ3n) is 3.78.